The van der Waals surface area contributed by atoms with Crippen molar-refractivity contribution in [1.29, 1.82) is 0 Å². The van der Waals surface area contributed by atoms with Crippen LogP contribution in [-0.4, -0.2) is 43.2 Å². The molecule has 0 atom stereocenters. The first-order valence-corrected chi connectivity index (χ1v) is 13.5. The van der Waals surface area contributed by atoms with Gasteiger partial charge >= 0.3 is 18.3 Å². The zero-order valence-electron chi connectivity index (χ0n) is 20.6. The number of thioether (sulfide) groups is 1. The van der Waals surface area contributed by atoms with Gasteiger partial charge in [-0.1, -0.05) is 24.0 Å². The quantitative estimate of drug-likeness (QED) is 0.171. The molecule has 0 radical (unpaired) electrons. The molecule has 216 valence electrons. The number of carbonyl (C=O) groups is 3. The molecule has 7 nitrogen and oxygen atoms in total. The maximum Gasteiger partial charge on any atom is 0.416 e. The third-order valence-electron chi connectivity index (χ3n) is 5.76. The number of hydrogen-bond acceptors (Lipinski definition) is 6. The normalized spacial score (nSPS) is 15.2. The molecule has 0 saturated carbocycles. The molecule has 4 rings (SSSR count). The number of thiophene rings is 1. The van der Waals surface area contributed by atoms with E-state index in [1.807, 2.05) is 0 Å². The number of aromatic carboxylic acids is 1. The molecule has 1 aliphatic heterocycles. The molecule has 41 heavy (non-hydrogen) atoms. The summed E-state index contributed by atoms with van der Waals surface area (Å²) in [6, 6.07) is 3.95. The summed E-state index contributed by atoms with van der Waals surface area (Å²) in [5.41, 5.74) is -2.82. The zero-order chi connectivity index (χ0) is 30.3. The van der Waals surface area contributed by atoms with E-state index in [1.165, 1.54) is 46.3 Å². The Morgan fingerprint density at radius 1 is 1.02 bits per heavy atom. The first kappa shape index (κ1) is 30.3. The Morgan fingerprint density at radius 2 is 1.66 bits per heavy atom. The first-order chi connectivity index (χ1) is 19.0. The molecule has 2 amide bonds. The number of anilines is 1. The fourth-order valence-corrected chi connectivity index (χ4v) is 6.03. The maximum atomic E-state index is 13.2. The van der Waals surface area contributed by atoms with E-state index >= 15 is 0 Å². The second-order valence-corrected chi connectivity index (χ2v) is 11.3. The van der Waals surface area contributed by atoms with Crippen LogP contribution in [0.3, 0.4) is 0 Å². The van der Waals surface area contributed by atoms with Crippen molar-refractivity contribution >= 4 is 69.2 Å². The number of halogens is 6. The minimum Gasteiger partial charge on any atom is -0.477 e. The average molecular weight is 634 g/mol. The summed E-state index contributed by atoms with van der Waals surface area (Å²) in [7, 11) is 1.50. The summed E-state index contributed by atoms with van der Waals surface area (Å²) in [4.78, 5) is 38.1. The van der Waals surface area contributed by atoms with Gasteiger partial charge in [0.05, 0.1) is 21.7 Å². The first-order valence-electron chi connectivity index (χ1n) is 11.4. The monoisotopic (exact) mass is 633 g/mol. The SMILES string of the molecule is Cn1cc(NC(=O)CCN2C(=O)C(=Cc3cc(-c4cc(C(F)(F)F)cc(C(F)(F)F)c4)cs3)SC2=S)cc1C(=O)O. The van der Waals surface area contributed by atoms with Gasteiger partial charge in [0.15, 0.2) is 0 Å². The van der Waals surface area contributed by atoms with Crippen molar-refractivity contribution in [3.63, 3.8) is 0 Å². The Labute approximate surface area is 241 Å². The number of alkyl halides is 6. The summed E-state index contributed by atoms with van der Waals surface area (Å²) in [6.07, 6.45) is -7.28. The van der Waals surface area contributed by atoms with E-state index in [0.717, 1.165) is 23.1 Å². The Balaban J connectivity index is 1.46. The third-order valence-corrected chi connectivity index (χ3v) is 8.02. The van der Waals surface area contributed by atoms with E-state index in [1.54, 1.807) is 0 Å². The van der Waals surface area contributed by atoms with Gasteiger partial charge in [-0.25, -0.2) is 4.79 Å². The average Bonchev–Trinajstić information content (AvgIpc) is 3.54. The fraction of sp³-hybridized carbons (Fsp3) is 0.200. The van der Waals surface area contributed by atoms with E-state index in [9.17, 15) is 40.7 Å². The van der Waals surface area contributed by atoms with Gasteiger partial charge in [0.25, 0.3) is 5.91 Å². The van der Waals surface area contributed by atoms with E-state index in [0.29, 0.717) is 17.0 Å². The number of rotatable bonds is 7. The Kier molecular flexibility index (Phi) is 8.38. The van der Waals surface area contributed by atoms with Gasteiger partial charge in [-0.2, -0.15) is 26.3 Å². The van der Waals surface area contributed by atoms with Crippen molar-refractivity contribution in [1.82, 2.24) is 9.47 Å². The van der Waals surface area contributed by atoms with Gasteiger partial charge in [-0.05, 0) is 52.9 Å². The van der Waals surface area contributed by atoms with Crippen LogP contribution in [0, 0.1) is 0 Å². The molecule has 1 fully saturated rings. The van der Waals surface area contributed by atoms with Crippen LogP contribution in [0.15, 0.2) is 46.8 Å². The number of aromatic nitrogens is 1. The van der Waals surface area contributed by atoms with Gasteiger partial charge in [0.1, 0.15) is 10.0 Å². The second kappa shape index (κ2) is 11.3. The van der Waals surface area contributed by atoms with Gasteiger partial charge in [0.2, 0.25) is 5.91 Å². The molecule has 3 aromatic rings. The number of nitrogens with one attached hydrogen (secondary N) is 1. The van der Waals surface area contributed by atoms with Crippen LogP contribution in [0.25, 0.3) is 17.2 Å². The second-order valence-electron chi connectivity index (χ2n) is 8.69. The van der Waals surface area contributed by atoms with Crippen LogP contribution in [0.2, 0.25) is 0 Å². The lowest BCUT2D eigenvalue weighted by molar-refractivity contribution is -0.143. The molecule has 3 heterocycles. The summed E-state index contributed by atoms with van der Waals surface area (Å²) < 4.78 is 80.9. The number of carboxylic acids is 1. The molecule has 1 aromatic carbocycles. The Bertz CT molecular complexity index is 1560. The van der Waals surface area contributed by atoms with Crippen molar-refractivity contribution in [2.75, 3.05) is 11.9 Å². The van der Waals surface area contributed by atoms with Crippen molar-refractivity contribution < 1.29 is 45.8 Å². The highest BCUT2D eigenvalue weighted by molar-refractivity contribution is 8.26. The Hall–Kier alpha value is -3.63. The van der Waals surface area contributed by atoms with Gasteiger partial charge in [-0.15, -0.1) is 11.3 Å². The minimum absolute atomic E-state index is 0.0343. The lowest BCUT2D eigenvalue weighted by Gasteiger charge is -2.13. The summed E-state index contributed by atoms with van der Waals surface area (Å²) in [6.45, 7) is -0.0768. The lowest BCUT2D eigenvalue weighted by Crippen LogP contribution is -2.31. The number of amides is 2. The number of thiocarbonyl (C=S) groups is 1. The van der Waals surface area contributed by atoms with Gasteiger partial charge in [0, 0.05) is 31.1 Å². The Morgan fingerprint density at radius 3 is 2.22 bits per heavy atom. The van der Waals surface area contributed by atoms with Crippen LogP contribution >= 0.6 is 35.3 Å². The van der Waals surface area contributed by atoms with Gasteiger partial charge < -0.3 is 15.0 Å². The summed E-state index contributed by atoms with van der Waals surface area (Å²) >= 11 is 7.19. The number of nitrogens with zero attached hydrogens (tertiary/aromatic N) is 2. The molecule has 0 aliphatic carbocycles. The van der Waals surface area contributed by atoms with Crippen molar-refractivity contribution in [3.05, 3.63) is 68.5 Å². The topological polar surface area (TPSA) is 91.6 Å². The number of carbonyl (C=O) groups excluding carboxylic acids is 2. The lowest BCUT2D eigenvalue weighted by atomic mass is 10.0. The molecule has 2 aromatic heterocycles. The zero-order valence-corrected chi connectivity index (χ0v) is 23.0. The standard InChI is InChI=1S/C25H17F6N3O4S3/c1-33-10-16(8-18(33)22(37)38)32-20(35)2-3-34-21(36)19(41-23(34)39)9-17-6-13(11-40-17)12-4-14(24(26,27)28)7-15(5-12)25(29,30)31/h4-11H,2-3H2,1H3,(H,32,35)(H,37,38). The van der Waals surface area contributed by atoms with Crippen LogP contribution in [0.4, 0.5) is 32.0 Å². The van der Waals surface area contributed by atoms with Crippen molar-refractivity contribution in [2.45, 2.75) is 18.8 Å². The van der Waals surface area contributed by atoms with Crippen molar-refractivity contribution in [2.24, 2.45) is 7.05 Å². The van der Waals surface area contributed by atoms with E-state index < -0.39 is 41.3 Å². The van der Waals surface area contributed by atoms with E-state index in [-0.39, 0.29) is 50.8 Å². The molecule has 1 aliphatic rings. The number of hydrogen-bond donors (Lipinski definition) is 2. The third kappa shape index (κ3) is 7.00. The van der Waals surface area contributed by atoms with E-state index in [2.05, 4.69) is 5.32 Å². The number of benzene rings is 1. The molecule has 0 spiro atoms. The highest BCUT2D eigenvalue weighted by atomic mass is 32.2. The number of aryl methyl sites for hydroxylation is 1. The smallest absolute Gasteiger partial charge is 0.416 e. The predicted octanol–water partition coefficient (Wildman–Crippen LogP) is 6.72. The van der Waals surface area contributed by atoms with E-state index in [4.69, 9.17) is 17.3 Å². The number of carboxylic acid groups (broad SMARTS) is 1. The van der Waals surface area contributed by atoms with Crippen LogP contribution in [0.1, 0.15) is 32.9 Å². The maximum absolute atomic E-state index is 13.2. The molecule has 0 bridgehead atoms. The van der Waals surface area contributed by atoms with Crippen LogP contribution in [0.5, 0.6) is 0 Å². The fourth-order valence-electron chi connectivity index (χ4n) is 3.81. The summed E-state index contributed by atoms with van der Waals surface area (Å²) in [5, 5.41) is 13.0. The molecular formula is C25H17F6N3O4S3. The van der Waals surface area contributed by atoms with Crippen molar-refractivity contribution in [3.8, 4) is 11.1 Å². The highest BCUT2D eigenvalue weighted by Crippen LogP contribution is 2.40. The summed E-state index contributed by atoms with van der Waals surface area (Å²) in [5.74, 6) is -2.18. The van der Waals surface area contributed by atoms with Crippen LogP contribution < -0.4 is 5.32 Å². The molecule has 0 unspecified atom stereocenters. The predicted molar refractivity (Wildman–Crippen MR) is 145 cm³/mol. The highest BCUT2D eigenvalue weighted by Gasteiger charge is 2.37. The molecule has 16 heteroatoms. The largest absolute Gasteiger partial charge is 0.477 e. The molecule has 1 saturated heterocycles. The minimum atomic E-state index is -4.98. The van der Waals surface area contributed by atoms with Gasteiger partial charge in [-0.3, -0.25) is 14.5 Å². The van der Waals surface area contributed by atoms with Crippen LogP contribution in [-0.2, 0) is 29.0 Å². The molecular weight excluding hydrogens is 616 g/mol. The molecule has 2 N–H and O–H groups in total.